The van der Waals surface area contributed by atoms with Gasteiger partial charge in [-0.25, -0.2) is 14.9 Å². The maximum Gasteiger partial charge on any atom is 0.432 e. The Labute approximate surface area is 181 Å². The van der Waals surface area contributed by atoms with E-state index in [1.165, 1.54) is 10.6 Å². The van der Waals surface area contributed by atoms with Crippen molar-refractivity contribution in [1.29, 1.82) is 0 Å². The average Bonchev–Trinajstić information content (AvgIpc) is 3.08. The number of nitrogens with zero attached hydrogens (tertiary/aromatic N) is 2. The van der Waals surface area contributed by atoms with Gasteiger partial charge >= 0.3 is 6.09 Å². The summed E-state index contributed by atoms with van der Waals surface area (Å²) in [7, 11) is 0. The molecule has 3 N–H and O–H groups in total. The van der Waals surface area contributed by atoms with Crippen molar-refractivity contribution < 1.29 is 29.5 Å². The van der Waals surface area contributed by atoms with Crippen molar-refractivity contribution in [2.45, 2.75) is 76.7 Å². The van der Waals surface area contributed by atoms with Gasteiger partial charge in [0.05, 0.1) is 29.9 Å². The lowest BCUT2D eigenvalue weighted by Crippen LogP contribution is -2.43. The first kappa shape index (κ1) is 20.6. The van der Waals surface area contributed by atoms with E-state index in [0.29, 0.717) is 36.8 Å². The Kier molecular flexibility index (Phi) is 4.93. The van der Waals surface area contributed by atoms with E-state index >= 15 is 0 Å². The second-order valence-electron chi connectivity index (χ2n) is 9.92. The van der Waals surface area contributed by atoms with Crippen LogP contribution < -0.4 is 5.32 Å². The number of nitrogens with one attached hydrogen (secondary N) is 1. The first-order chi connectivity index (χ1) is 14.8. The smallest absolute Gasteiger partial charge is 0.432 e. The predicted octanol–water partition coefficient (Wildman–Crippen LogP) is 2.07. The minimum atomic E-state index is -0.802. The van der Waals surface area contributed by atoms with Gasteiger partial charge in [0.2, 0.25) is 0 Å². The summed E-state index contributed by atoms with van der Waals surface area (Å²) in [4.78, 5) is 30.1. The summed E-state index contributed by atoms with van der Waals surface area (Å²) in [6.07, 6.45) is 7.36. The second-order valence-corrected chi connectivity index (χ2v) is 9.92. The Morgan fingerprint density at radius 3 is 2.87 bits per heavy atom. The Hall–Kier alpha value is -2.26. The van der Waals surface area contributed by atoms with Crippen molar-refractivity contribution in [3.8, 4) is 0 Å². The molecule has 7 atom stereocenters. The molecule has 4 unspecified atom stereocenters. The van der Waals surface area contributed by atoms with Crippen LogP contribution in [0.25, 0.3) is 0 Å². The molecule has 0 aromatic carbocycles. The van der Waals surface area contributed by atoms with Crippen molar-refractivity contribution in [3.05, 3.63) is 23.6 Å². The normalized spacial score (nSPS) is 41.5. The van der Waals surface area contributed by atoms with Crippen molar-refractivity contribution in [2.75, 3.05) is 6.54 Å². The van der Waals surface area contributed by atoms with Crippen molar-refractivity contribution >= 4 is 12.0 Å². The molecule has 0 radical (unpaired) electrons. The number of aliphatic hydroxyl groups is 1. The minimum absolute atomic E-state index is 0.0259. The summed E-state index contributed by atoms with van der Waals surface area (Å²) in [5.74, 6) is 0.979. The summed E-state index contributed by atoms with van der Waals surface area (Å²) < 4.78 is 6.35. The van der Waals surface area contributed by atoms with Crippen LogP contribution in [0, 0.1) is 17.3 Å². The Bertz CT molecular complexity index is 843. The maximum atomic E-state index is 12.5. The van der Waals surface area contributed by atoms with Gasteiger partial charge in [0.15, 0.2) is 0 Å². The predicted molar refractivity (Wildman–Crippen MR) is 108 cm³/mol. The number of hydrogen-bond acceptors (Lipinski definition) is 7. The molecule has 3 aliphatic heterocycles. The zero-order valence-electron chi connectivity index (χ0n) is 18.0. The highest BCUT2D eigenvalue weighted by molar-refractivity contribution is 5.86. The third-order valence-corrected chi connectivity index (χ3v) is 7.60. The number of hydroxylamine groups is 4. The lowest BCUT2D eigenvalue weighted by Gasteiger charge is -2.41. The van der Waals surface area contributed by atoms with Crippen LogP contribution in [0.4, 0.5) is 4.79 Å². The summed E-state index contributed by atoms with van der Waals surface area (Å²) in [6, 6.07) is -1.15. The van der Waals surface area contributed by atoms with E-state index in [-0.39, 0.29) is 23.5 Å². The molecule has 2 aliphatic carbocycles. The molecule has 5 rings (SSSR count). The number of ether oxygens (including phenoxy) is 1. The van der Waals surface area contributed by atoms with Crippen LogP contribution >= 0.6 is 0 Å². The Balaban J connectivity index is 1.35. The van der Waals surface area contributed by atoms with E-state index in [1.54, 1.807) is 6.92 Å². The largest absolute Gasteiger partial charge is 0.493 e. The monoisotopic (exact) mass is 433 g/mol. The van der Waals surface area contributed by atoms with Gasteiger partial charge in [0.1, 0.15) is 12.1 Å². The Morgan fingerprint density at radius 2 is 2.13 bits per heavy atom. The van der Waals surface area contributed by atoms with E-state index in [9.17, 15) is 19.9 Å². The van der Waals surface area contributed by atoms with Gasteiger partial charge in [-0.15, -0.1) is 0 Å². The molecular weight excluding hydrogens is 402 g/mol. The zero-order valence-corrected chi connectivity index (χ0v) is 18.0. The van der Waals surface area contributed by atoms with Crippen molar-refractivity contribution in [1.82, 2.24) is 15.4 Å². The molecule has 2 fully saturated rings. The standard InChI is InChI=1S/C22H31N3O6/c1-12-3-4-18-22(10-12)5-6-24(11-14-8-15(26)9-17(30-18)19(14)22)31-21(28)23-16-7-13(2)25(29)20(16)27/h5-6,12-16,18,26,29H,3-4,7-11H2,1-2H3,(H,23,28)/t12?,13?,14-,15-,16?,18-,22?/m1/s1. The van der Waals surface area contributed by atoms with Gasteiger partial charge < -0.3 is 20.0 Å². The van der Waals surface area contributed by atoms with Crippen LogP contribution in [0.15, 0.2) is 23.6 Å². The van der Waals surface area contributed by atoms with E-state index in [4.69, 9.17) is 9.57 Å². The molecule has 1 saturated heterocycles. The highest BCUT2D eigenvalue weighted by Crippen LogP contribution is 2.59. The number of carbonyl (C=O) groups excluding carboxylic acids is 2. The van der Waals surface area contributed by atoms with Gasteiger partial charge in [0, 0.05) is 18.5 Å². The second kappa shape index (κ2) is 7.41. The number of carbonyl (C=O) groups is 2. The molecule has 170 valence electrons. The van der Waals surface area contributed by atoms with Crippen molar-refractivity contribution in [2.24, 2.45) is 17.3 Å². The molecule has 1 spiro atoms. The molecule has 2 amide bonds. The molecule has 9 nitrogen and oxygen atoms in total. The number of rotatable bonds is 2. The molecular formula is C22H31N3O6. The minimum Gasteiger partial charge on any atom is -0.493 e. The molecule has 0 bridgehead atoms. The summed E-state index contributed by atoms with van der Waals surface area (Å²) in [6.45, 7) is 4.40. The van der Waals surface area contributed by atoms with E-state index in [1.807, 2.05) is 6.20 Å². The van der Waals surface area contributed by atoms with Gasteiger partial charge in [-0.3, -0.25) is 10.0 Å². The summed E-state index contributed by atoms with van der Waals surface area (Å²) in [5, 5.41) is 24.8. The zero-order chi connectivity index (χ0) is 21.9. The summed E-state index contributed by atoms with van der Waals surface area (Å²) in [5.41, 5.74) is 1.06. The topological polar surface area (TPSA) is 112 Å². The van der Waals surface area contributed by atoms with E-state index in [0.717, 1.165) is 25.0 Å². The highest BCUT2D eigenvalue weighted by Gasteiger charge is 2.56. The fraction of sp³-hybridized carbons (Fsp3) is 0.727. The average molecular weight is 434 g/mol. The van der Waals surface area contributed by atoms with Crippen molar-refractivity contribution in [3.63, 3.8) is 0 Å². The lowest BCUT2D eigenvalue weighted by atomic mass is 9.61. The molecule has 0 aromatic heterocycles. The molecule has 1 saturated carbocycles. The quantitative estimate of drug-likeness (QED) is 0.572. The highest BCUT2D eigenvalue weighted by atomic mass is 16.7. The van der Waals surface area contributed by atoms with Gasteiger partial charge in [-0.05, 0) is 50.5 Å². The van der Waals surface area contributed by atoms with Crippen LogP contribution in [0.3, 0.4) is 0 Å². The molecule has 0 aromatic rings. The van der Waals surface area contributed by atoms with Crippen LogP contribution in [0.1, 0.15) is 52.4 Å². The molecule has 5 aliphatic rings. The van der Waals surface area contributed by atoms with Gasteiger partial charge in [-0.1, -0.05) is 13.0 Å². The van der Waals surface area contributed by atoms with Gasteiger partial charge in [0.25, 0.3) is 5.91 Å². The third-order valence-electron chi connectivity index (χ3n) is 7.60. The molecule has 9 heteroatoms. The van der Waals surface area contributed by atoms with Crippen LogP contribution in [-0.2, 0) is 14.4 Å². The summed E-state index contributed by atoms with van der Waals surface area (Å²) >= 11 is 0. The van der Waals surface area contributed by atoms with E-state index in [2.05, 4.69) is 18.3 Å². The Morgan fingerprint density at radius 1 is 1.32 bits per heavy atom. The SMILES string of the molecule is CC1CC[C@H]2OC3=C4[C@H](C[C@@H](O)C3)CN(OC(=O)NC3CC(C)N(O)C3=O)C=CC42C1. The van der Waals surface area contributed by atoms with Crippen LogP contribution in [-0.4, -0.2) is 63.3 Å². The molecule has 31 heavy (non-hydrogen) atoms. The lowest BCUT2D eigenvalue weighted by molar-refractivity contribution is -0.165. The number of amides is 2. The first-order valence-corrected chi connectivity index (χ1v) is 11.3. The third kappa shape index (κ3) is 3.38. The number of hydrogen-bond donors (Lipinski definition) is 3. The van der Waals surface area contributed by atoms with Crippen LogP contribution in [0.5, 0.6) is 0 Å². The maximum absolute atomic E-state index is 12.5. The number of aliphatic hydroxyl groups excluding tert-OH is 1. The van der Waals surface area contributed by atoms with E-state index < -0.39 is 24.1 Å². The fourth-order valence-corrected chi connectivity index (χ4v) is 6.26. The fourth-order valence-electron chi connectivity index (χ4n) is 6.26. The molecule has 3 heterocycles. The first-order valence-electron chi connectivity index (χ1n) is 11.3. The van der Waals surface area contributed by atoms with Gasteiger partial charge in [-0.2, -0.15) is 0 Å². The van der Waals surface area contributed by atoms with Crippen LogP contribution in [0.2, 0.25) is 0 Å².